The third-order valence-corrected chi connectivity index (χ3v) is 3.50. The maximum atomic E-state index is 13.4. The zero-order valence-corrected chi connectivity index (χ0v) is 12.8. The molecular weight excluding hydrogens is 290 g/mol. The number of aromatic hydroxyl groups is 1. The van der Waals surface area contributed by atoms with Gasteiger partial charge in [-0.05, 0) is 25.5 Å². The zero-order valence-electron chi connectivity index (χ0n) is 11.1. The Balaban J connectivity index is 0.00000162. The van der Waals surface area contributed by atoms with E-state index in [1.807, 2.05) is 13.8 Å². The smallest absolute Gasteiger partial charge is 0.165 e. The second kappa shape index (κ2) is 7.90. The lowest BCUT2D eigenvalue weighted by molar-refractivity contribution is 0.181. The van der Waals surface area contributed by atoms with Gasteiger partial charge in [0, 0.05) is 37.8 Å². The molecule has 0 amide bonds. The normalized spacial score (nSPS) is 17.2. The number of aryl methyl sites for hydroxylation is 1. The largest absolute Gasteiger partial charge is 0.505 e. The molecule has 2 N–H and O–H groups in total. The first kappa shape index (κ1) is 18.4. The summed E-state index contributed by atoms with van der Waals surface area (Å²) in [6.45, 7) is 7.67. The van der Waals surface area contributed by atoms with E-state index in [0.29, 0.717) is 5.56 Å². The van der Waals surface area contributed by atoms with Gasteiger partial charge in [-0.3, -0.25) is 4.90 Å². The first-order valence-corrected chi connectivity index (χ1v) is 6.04. The van der Waals surface area contributed by atoms with Gasteiger partial charge in [0.2, 0.25) is 0 Å². The van der Waals surface area contributed by atoms with Crippen LogP contribution in [-0.4, -0.2) is 36.2 Å². The number of hydrogen-bond donors (Lipinski definition) is 2. The summed E-state index contributed by atoms with van der Waals surface area (Å²) in [6, 6.07) is 3.09. The molecule has 2 rings (SSSR count). The Morgan fingerprint density at radius 1 is 1.26 bits per heavy atom. The Kier molecular flexibility index (Phi) is 7.67. The molecule has 0 radical (unpaired) electrons. The van der Waals surface area contributed by atoms with Crippen LogP contribution in [0.15, 0.2) is 12.1 Å². The van der Waals surface area contributed by atoms with E-state index >= 15 is 0 Å². The van der Waals surface area contributed by atoms with Crippen molar-refractivity contribution in [2.45, 2.75) is 19.9 Å². The molecule has 1 saturated heterocycles. The summed E-state index contributed by atoms with van der Waals surface area (Å²) in [7, 11) is 0. The van der Waals surface area contributed by atoms with Crippen molar-refractivity contribution < 1.29 is 9.50 Å². The number of nitrogens with one attached hydrogen (secondary N) is 1. The average Bonchev–Trinajstić information content (AvgIpc) is 2.35. The Bertz CT molecular complexity index is 412. The van der Waals surface area contributed by atoms with E-state index in [4.69, 9.17) is 0 Å². The number of piperazine rings is 1. The number of nitrogens with zero attached hydrogens (tertiary/aromatic N) is 1. The molecule has 0 saturated carbocycles. The van der Waals surface area contributed by atoms with Gasteiger partial charge in [-0.15, -0.1) is 24.8 Å². The van der Waals surface area contributed by atoms with Crippen LogP contribution >= 0.6 is 24.8 Å². The Hall–Kier alpha value is -0.550. The van der Waals surface area contributed by atoms with Crippen LogP contribution in [0, 0.1) is 12.7 Å². The van der Waals surface area contributed by atoms with Crippen molar-refractivity contribution in [2.75, 3.05) is 26.2 Å². The SMILES string of the molecule is Cc1ccc(F)c(O)c1[C@@H](C)N1CCNCC1.Cl.Cl. The molecule has 0 spiro atoms. The third-order valence-electron chi connectivity index (χ3n) is 3.50. The summed E-state index contributed by atoms with van der Waals surface area (Å²) < 4.78 is 13.4. The van der Waals surface area contributed by atoms with E-state index in [2.05, 4.69) is 10.2 Å². The van der Waals surface area contributed by atoms with Crippen molar-refractivity contribution in [1.82, 2.24) is 10.2 Å². The van der Waals surface area contributed by atoms with Gasteiger partial charge in [0.25, 0.3) is 0 Å². The molecule has 1 aliphatic heterocycles. The Labute approximate surface area is 126 Å². The quantitative estimate of drug-likeness (QED) is 0.881. The molecule has 1 aromatic rings. The molecular formula is C13H21Cl2FN2O. The second-order valence-electron chi connectivity index (χ2n) is 4.59. The highest BCUT2D eigenvalue weighted by Gasteiger charge is 2.23. The van der Waals surface area contributed by atoms with Crippen LogP contribution in [0.5, 0.6) is 5.75 Å². The molecule has 110 valence electrons. The molecule has 0 unspecified atom stereocenters. The molecule has 19 heavy (non-hydrogen) atoms. The van der Waals surface area contributed by atoms with Crippen molar-refractivity contribution in [1.29, 1.82) is 0 Å². The third kappa shape index (κ3) is 3.96. The van der Waals surface area contributed by atoms with E-state index in [1.54, 1.807) is 6.07 Å². The van der Waals surface area contributed by atoms with Crippen molar-refractivity contribution in [3.05, 3.63) is 29.1 Å². The number of hydrogen-bond acceptors (Lipinski definition) is 3. The van der Waals surface area contributed by atoms with Gasteiger partial charge in [0.1, 0.15) is 0 Å². The summed E-state index contributed by atoms with van der Waals surface area (Å²) in [5.41, 5.74) is 1.65. The molecule has 1 aliphatic rings. The van der Waals surface area contributed by atoms with Gasteiger partial charge in [0.15, 0.2) is 11.6 Å². The number of benzene rings is 1. The Morgan fingerprint density at radius 2 is 1.84 bits per heavy atom. The minimum Gasteiger partial charge on any atom is -0.505 e. The van der Waals surface area contributed by atoms with Crippen LogP contribution in [0.4, 0.5) is 4.39 Å². The Morgan fingerprint density at radius 3 is 2.42 bits per heavy atom. The highest BCUT2D eigenvalue weighted by Crippen LogP contribution is 2.33. The molecule has 1 fully saturated rings. The number of phenolic OH excluding ortho intramolecular Hbond substituents is 1. The topological polar surface area (TPSA) is 35.5 Å². The van der Waals surface area contributed by atoms with Crippen LogP contribution in [0.1, 0.15) is 24.1 Å². The van der Waals surface area contributed by atoms with Gasteiger partial charge < -0.3 is 10.4 Å². The fourth-order valence-corrected chi connectivity index (χ4v) is 2.46. The molecule has 1 heterocycles. The maximum absolute atomic E-state index is 13.4. The minimum atomic E-state index is -0.535. The minimum absolute atomic E-state index is 0. The van der Waals surface area contributed by atoms with Gasteiger partial charge in [-0.25, -0.2) is 4.39 Å². The predicted octanol–water partition coefficient (Wildman–Crippen LogP) is 2.65. The van der Waals surface area contributed by atoms with Crippen LogP contribution in [0.25, 0.3) is 0 Å². The highest BCUT2D eigenvalue weighted by atomic mass is 35.5. The van der Waals surface area contributed by atoms with Gasteiger partial charge in [0.05, 0.1) is 0 Å². The fraction of sp³-hybridized carbons (Fsp3) is 0.538. The lowest BCUT2D eigenvalue weighted by atomic mass is 9.99. The molecule has 0 aliphatic carbocycles. The predicted molar refractivity (Wildman–Crippen MR) is 80.2 cm³/mol. The summed E-state index contributed by atoms with van der Waals surface area (Å²) in [4.78, 5) is 2.26. The standard InChI is InChI=1S/C13H19FN2O.2ClH/c1-9-3-4-11(14)13(17)12(9)10(2)16-7-5-15-6-8-16;;/h3-4,10,15,17H,5-8H2,1-2H3;2*1H/t10-;;/m1../s1. The molecule has 0 bridgehead atoms. The lowest BCUT2D eigenvalue weighted by Crippen LogP contribution is -2.44. The first-order valence-electron chi connectivity index (χ1n) is 6.04. The van der Waals surface area contributed by atoms with Crippen LogP contribution in [0.2, 0.25) is 0 Å². The summed E-state index contributed by atoms with van der Waals surface area (Å²) in [5.74, 6) is -0.733. The fourth-order valence-electron chi connectivity index (χ4n) is 2.46. The van der Waals surface area contributed by atoms with Gasteiger partial charge in [-0.2, -0.15) is 0 Å². The van der Waals surface area contributed by atoms with Crippen molar-refractivity contribution in [3.8, 4) is 5.75 Å². The van der Waals surface area contributed by atoms with E-state index in [-0.39, 0.29) is 36.6 Å². The number of phenols is 1. The van der Waals surface area contributed by atoms with Crippen molar-refractivity contribution in [2.24, 2.45) is 0 Å². The van der Waals surface area contributed by atoms with Crippen LogP contribution in [0.3, 0.4) is 0 Å². The summed E-state index contributed by atoms with van der Waals surface area (Å²) in [5, 5.41) is 13.1. The van der Waals surface area contributed by atoms with Crippen LogP contribution in [-0.2, 0) is 0 Å². The molecule has 6 heteroatoms. The molecule has 1 atom stereocenters. The van der Waals surface area contributed by atoms with Crippen molar-refractivity contribution >= 4 is 24.8 Å². The van der Waals surface area contributed by atoms with Gasteiger partial charge >= 0.3 is 0 Å². The summed E-state index contributed by atoms with van der Waals surface area (Å²) in [6.07, 6.45) is 0. The molecule has 3 nitrogen and oxygen atoms in total. The van der Waals surface area contributed by atoms with E-state index in [9.17, 15) is 9.50 Å². The molecule has 0 aromatic heterocycles. The van der Waals surface area contributed by atoms with E-state index in [0.717, 1.165) is 31.7 Å². The average molecular weight is 311 g/mol. The van der Waals surface area contributed by atoms with Crippen LogP contribution < -0.4 is 5.32 Å². The monoisotopic (exact) mass is 310 g/mol. The first-order chi connectivity index (χ1) is 8.11. The number of rotatable bonds is 2. The summed E-state index contributed by atoms with van der Waals surface area (Å²) >= 11 is 0. The van der Waals surface area contributed by atoms with E-state index < -0.39 is 5.82 Å². The number of halogens is 3. The highest BCUT2D eigenvalue weighted by molar-refractivity contribution is 5.85. The lowest BCUT2D eigenvalue weighted by Gasteiger charge is -2.34. The maximum Gasteiger partial charge on any atom is 0.165 e. The van der Waals surface area contributed by atoms with E-state index in [1.165, 1.54) is 6.07 Å². The second-order valence-corrected chi connectivity index (χ2v) is 4.59. The zero-order chi connectivity index (χ0) is 12.4. The van der Waals surface area contributed by atoms with Crippen molar-refractivity contribution in [3.63, 3.8) is 0 Å². The van der Waals surface area contributed by atoms with Gasteiger partial charge in [-0.1, -0.05) is 6.07 Å². The molecule has 1 aromatic carbocycles.